The molecule has 5 heteroatoms. The molecule has 0 atom stereocenters. The van der Waals surface area contributed by atoms with E-state index in [1.807, 2.05) is 24.3 Å². The van der Waals surface area contributed by atoms with Gasteiger partial charge in [-0.15, -0.1) is 11.3 Å². The molecule has 0 amide bonds. The van der Waals surface area contributed by atoms with Gasteiger partial charge in [0.1, 0.15) is 22.7 Å². The molecule has 0 bridgehead atoms. The zero-order chi connectivity index (χ0) is 22.3. The van der Waals surface area contributed by atoms with Gasteiger partial charge in [0.25, 0.3) is 0 Å². The first-order chi connectivity index (χ1) is 15.7. The molecule has 0 fully saturated rings. The molecule has 1 N–H and O–H groups in total. The van der Waals surface area contributed by atoms with Gasteiger partial charge in [-0.25, -0.2) is 9.97 Å². The van der Waals surface area contributed by atoms with Crippen molar-refractivity contribution in [2.24, 2.45) is 0 Å². The molecule has 0 saturated heterocycles. The third kappa shape index (κ3) is 5.28. The molecule has 0 unspecified atom stereocenters. The van der Waals surface area contributed by atoms with Gasteiger partial charge in [-0.1, -0.05) is 64.3 Å². The van der Waals surface area contributed by atoms with Crippen molar-refractivity contribution >= 4 is 33.1 Å². The molecule has 0 saturated carbocycles. The summed E-state index contributed by atoms with van der Waals surface area (Å²) in [6.45, 7) is 7.42. The minimum atomic E-state index is 0.520. The summed E-state index contributed by atoms with van der Waals surface area (Å²) in [5.74, 6) is 2.25. The summed E-state index contributed by atoms with van der Waals surface area (Å²) in [6, 6.07) is 16.9. The number of unbranched alkanes of at least 4 members (excludes halogenated alkanes) is 3. The standard InChI is InChI=1S/C27H31N3OS/c1-4-5-6-7-16-31-23-14-12-22(13-15-23)30-26-25-24(17-32-27(25)29-18-28-26)21-10-8-20(9-11-21)19(2)3/h8-15,17-19H,4-7,16H2,1-3H3,(H,28,29,30). The molecule has 0 aliphatic rings. The number of anilines is 2. The van der Waals surface area contributed by atoms with Gasteiger partial charge in [0.05, 0.1) is 12.0 Å². The van der Waals surface area contributed by atoms with E-state index in [-0.39, 0.29) is 0 Å². The summed E-state index contributed by atoms with van der Waals surface area (Å²) in [7, 11) is 0. The Morgan fingerprint density at radius 2 is 1.72 bits per heavy atom. The second kappa shape index (κ2) is 10.6. The highest BCUT2D eigenvalue weighted by Gasteiger charge is 2.14. The third-order valence-electron chi connectivity index (χ3n) is 5.64. The van der Waals surface area contributed by atoms with Crippen LogP contribution in [0.5, 0.6) is 5.75 Å². The fourth-order valence-corrected chi connectivity index (χ4v) is 4.64. The number of hydrogen-bond acceptors (Lipinski definition) is 5. The lowest BCUT2D eigenvalue weighted by molar-refractivity contribution is 0.305. The predicted molar refractivity (Wildman–Crippen MR) is 136 cm³/mol. The Hall–Kier alpha value is -2.92. The van der Waals surface area contributed by atoms with E-state index < -0.39 is 0 Å². The largest absolute Gasteiger partial charge is 0.494 e. The fraction of sp³-hybridized carbons (Fsp3) is 0.333. The van der Waals surface area contributed by atoms with Crippen LogP contribution >= 0.6 is 11.3 Å². The predicted octanol–water partition coefficient (Wildman–Crippen LogP) is 8.18. The molecule has 0 spiro atoms. The number of fused-ring (bicyclic) bond motifs is 1. The topological polar surface area (TPSA) is 47.0 Å². The van der Waals surface area contributed by atoms with Crippen LogP contribution < -0.4 is 10.1 Å². The molecule has 0 aliphatic carbocycles. The van der Waals surface area contributed by atoms with Crippen LogP contribution in [0.2, 0.25) is 0 Å². The molecule has 0 radical (unpaired) electrons. The molecule has 4 rings (SSSR count). The van der Waals surface area contributed by atoms with Crippen molar-refractivity contribution in [3.63, 3.8) is 0 Å². The van der Waals surface area contributed by atoms with Crippen molar-refractivity contribution in [3.8, 4) is 16.9 Å². The quantitative estimate of drug-likeness (QED) is 0.250. The second-order valence-electron chi connectivity index (χ2n) is 8.39. The van der Waals surface area contributed by atoms with Gasteiger partial charge in [0.2, 0.25) is 0 Å². The molecule has 4 nitrogen and oxygen atoms in total. The van der Waals surface area contributed by atoms with Crippen molar-refractivity contribution in [2.75, 3.05) is 11.9 Å². The zero-order valence-electron chi connectivity index (χ0n) is 19.1. The smallest absolute Gasteiger partial charge is 0.143 e. The lowest BCUT2D eigenvalue weighted by atomic mass is 9.99. The molecule has 32 heavy (non-hydrogen) atoms. The highest BCUT2D eigenvalue weighted by atomic mass is 32.1. The number of aromatic nitrogens is 2. The Morgan fingerprint density at radius 3 is 2.44 bits per heavy atom. The summed E-state index contributed by atoms with van der Waals surface area (Å²) < 4.78 is 5.87. The van der Waals surface area contributed by atoms with Gasteiger partial charge in [-0.05, 0) is 47.7 Å². The van der Waals surface area contributed by atoms with Crippen molar-refractivity contribution in [2.45, 2.75) is 52.4 Å². The van der Waals surface area contributed by atoms with Crippen LogP contribution in [0.3, 0.4) is 0 Å². The average Bonchev–Trinajstić information content (AvgIpc) is 3.25. The van der Waals surface area contributed by atoms with Crippen molar-refractivity contribution in [1.29, 1.82) is 0 Å². The molecule has 166 valence electrons. The maximum Gasteiger partial charge on any atom is 0.143 e. The molecule has 2 aromatic heterocycles. The van der Waals surface area contributed by atoms with Crippen LogP contribution in [0.4, 0.5) is 11.5 Å². The summed E-state index contributed by atoms with van der Waals surface area (Å²) in [6.07, 6.45) is 6.47. The maximum atomic E-state index is 5.87. The molecular weight excluding hydrogens is 414 g/mol. The van der Waals surface area contributed by atoms with Crippen LogP contribution in [-0.2, 0) is 0 Å². The number of hydrogen-bond donors (Lipinski definition) is 1. The van der Waals surface area contributed by atoms with Gasteiger partial charge < -0.3 is 10.1 Å². The first kappa shape index (κ1) is 22.3. The zero-order valence-corrected chi connectivity index (χ0v) is 19.9. The monoisotopic (exact) mass is 445 g/mol. The van der Waals surface area contributed by atoms with Gasteiger partial charge in [0.15, 0.2) is 0 Å². The van der Waals surface area contributed by atoms with E-state index in [1.54, 1.807) is 17.7 Å². The highest BCUT2D eigenvalue weighted by Crippen LogP contribution is 2.38. The summed E-state index contributed by atoms with van der Waals surface area (Å²) in [4.78, 5) is 10.0. The van der Waals surface area contributed by atoms with Gasteiger partial charge in [-0.3, -0.25) is 0 Å². The molecular formula is C27H31N3OS. The number of nitrogens with one attached hydrogen (secondary N) is 1. The van der Waals surface area contributed by atoms with Crippen LogP contribution in [0.25, 0.3) is 21.3 Å². The molecule has 4 aromatic rings. The van der Waals surface area contributed by atoms with Gasteiger partial charge >= 0.3 is 0 Å². The lowest BCUT2D eigenvalue weighted by Crippen LogP contribution is -1.98. The molecule has 0 aliphatic heterocycles. The minimum Gasteiger partial charge on any atom is -0.494 e. The number of rotatable bonds is 10. The number of benzene rings is 2. The Labute approximate surface area is 194 Å². The number of thiophene rings is 1. The van der Waals surface area contributed by atoms with Crippen LogP contribution in [-0.4, -0.2) is 16.6 Å². The van der Waals surface area contributed by atoms with Crippen molar-refractivity contribution < 1.29 is 4.74 Å². The van der Waals surface area contributed by atoms with E-state index in [4.69, 9.17) is 4.74 Å². The Bertz CT molecular complexity index is 1130. The van der Waals surface area contributed by atoms with E-state index in [0.29, 0.717) is 5.92 Å². The maximum absolute atomic E-state index is 5.87. The van der Waals surface area contributed by atoms with Crippen LogP contribution in [0.15, 0.2) is 60.2 Å². The van der Waals surface area contributed by atoms with Crippen LogP contribution in [0, 0.1) is 0 Å². The van der Waals surface area contributed by atoms with E-state index >= 15 is 0 Å². The summed E-state index contributed by atoms with van der Waals surface area (Å²) in [5, 5.41) is 6.72. The van der Waals surface area contributed by atoms with Crippen molar-refractivity contribution in [1.82, 2.24) is 9.97 Å². The summed E-state index contributed by atoms with van der Waals surface area (Å²) >= 11 is 1.65. The number of nitrogens with zero attached hydrogens (tertiary/aromatic N) is 2. The number of ether oxygens (including phenoxy) is 1. The first-order valence-corrected chi connectivity index (χ1v) is 12.4. The Morgan fingerprint density at radius 1 is 0.938 bits per heavy atom. The van der Waals surface area contributed by atoms with Crippen molar-refractivity contribution in [3.05, 3.63) is 65.8 Å². The third-order valence-corrected chi connectivity index (χ3v) is 6.53. The lowest BCUT2D eigenvalue weighted by Gasteiger charge is -2.11. The normalized spacial score (nSPS) is 11.2. The van der Waals surface area contributed by atoms with E-state index in [1.165, 1.54) is 30.4 Å². The van der Waals surface area contributed by atoms with E-state index in [0.717, 1.165) is 46.1 Å². The average molecular weight is 446 g/mol. The molecule has 2 aromatic carbocycles. The summed E-state index contributed by atoms with van der Waals surface area (Å²) in [5.41, 5.74) is 4.67. The second-order valence-corrected chi connectivity index (χ2v) is 9.25. The molecule has 2 heterocycles. The van der Waals surface area contributed by atoms with Crippen LogP contribution in [0.1, 0.15) is 57.9 Å². The van der Waals surface area contributed by atoms with E-state index in [2.05, 4.69) is 65.7 Å². The Balaban J connectivity index is 1.52. The SMILES string of the molecule is CCCCCCOc1ccc(Nc2ncnc3scc(-c4ccc(C(C)C)cc4)c23)cc1. The fourth-order valence-electron chi connectivity index (χ4n) is 3.72. The minimum absolute atomic E-state index is 0.520. The van der Waals surface area contributed by atoms with Gasteiger partial charge in [-0.2, -0.15) is 0 Å². The van der Waals surface area contributed by atoms with Gasteiger partial charge in [0, 0.05) is 16.6 Å². The Kier molecular flexibility index (Phi) is 7.38. The van der Waals surface area contributed by atoms with E-state index in [9.17, 15) is 0 Å². The first-order valence-electron chi connectivity index (χ1n) is 11.5. The highest BCUT2D eigenvalue weighted by molar-refractivity contribution is 7.17.